The average molecular weight is 531 g/mol. The summed E-state index contributed by atoms with van der Waals surface area (Å²) in [7, 11) is 1.72. The highest BCUT2D eigenvalue weighted by atomic mass is 19.4. The fraction of sp³-hybridized carbons (Fsp3) is 0.429. The molecule has 7 nitrogen and oxygen atoms in total. The number of carboxylic acid groups (broad SMARTS) is 1. The molecule has 0 amide bonds. The van der Waals surface area contributed by atoms with Crippen LogP contribution in [0.15, 0.2) is 67.1 Å². The molecule has 1 saturated heterocycles. The number of likely N-dealkylation sites (tertiary alicyclic amines) is 1. The van der Waals surface area contributed by atoms with Gasteiger partial charge >= 0.3 is 12.3 Å². The minimum atomic E-state index is -4.65. The van der Waals surface area contributed by atoms with Gasteiger partial charge in [-0.1, -0.05) is 42.5 Å². The molecular formula is C28H33F3N4O3. The predicted octanol–water partition coefficient (Wildman–Crippen LogP) is 4.60. The number of nitrogens with one attached hydrogen (secondary N) is 1. The maximum Gasteiger partial charge on any atom is 0.573 e. The average Bonchev–Trinajstić information content (AvgIpc) is 3.18. The molecule has 2 aromatic carbocycles. The van der Waals surface area contributed by atoms with Gasteiger partial charge in [0.2, 0.25) is 0 Å². The molecule has 0 spiro atoms. The second-order valence-electron chi connectivity index (χ2n) is 9.90. The summed E-state index contributed by atoms with van der Waals surface area (Å²) >= 11 is 0. The number of carboxylic acids is 1. The standard InChI is InChI=1S/C23H27F3N2O.C5H6N2O2/c24-23(25,26)29-19-10-4-8-18(12-19)13-27-14-20-21-15-28(16-22(20)21)11-5-9-17-6-2-1-3-7-17;1-7-2-4(5(8)9)6-3-7/h1-4,6-8,10,12,20-22,27H,5,9,11,13-16H2;2-3H,1H3,(H,8,9). The predicted molar refractivity (Wildman–Crippen MR) is 137 cm³/mol. The second kappa shape index (κ2) is 12.4. The lowest BCUT2D eigenvalue weighted by Crippen LogP contribution is -2.28. The molecule has 2 atom stereocenters. The van der Waals surface area contributed by atoms with Crippen LogP contribution in [-0.2, 0) is 20.0 Å². The first-order valence-electron chi connectivity index (χ1n) is 12.7. The van der Waals surface area contributed by atoms with Crippen molar-refractivity contribution in [2.45, 2.75) is 25.7 Å². The van der Waals surface area contributed by atoms with Gasteiger partial charge in [0.15, 0.2) is 5.69 Å². The van der Waals surface area contributed by atoms with E-state index in [1.165, 1.54) is 49.7 Å². The largest absolute Gasteiger partial charge is 0.573 e. The number of halogens is 3. The van der Waals surface area contributed by atoms with Crippen LogP contribution < -0.4 is 10.1 Å². The number of carbonyl (C=O) groups is 1. The van der Waals surface area contributed by atoms with Crippen molar-refractivity contribution in [2.24, 2.45) is 24.8 Å². The van der Waals surface area contributed by atoms with E-state index in [1.807, 2.05) is 6.07 Å². The van der Waals surface area contributed by atoms with Crippen LogP contribution in [0.1, 0.15) is 28.0 Å². The molecule has 2 aliphatic rings. The molecule has 1 aliphatic heterocycles. The quantitative estimate of drug-likeness (QED) is 0.399. The Balaban J connectivity index is 0.000000317. The first-order chi connectivity index (χ1) is 18.2. The summed E-state index contributed by atoms with van der Waals surface area (Å²) in [5.41, 5.74) is 2.29. The van der Waals surface area contributed by atoms with Gasteiger partial charge in [-0.05, 0) is 66.9 Å². The summed E-state index contributed by atoms with van der Waals surface area (Å²) in [5.74, 6) is 1.11. The van der Waals surface area contributed by atoms with E-state index < -0.39 is 12.3 Å². The molecule has 2 N–H and O–H groups in total. The smallest absolute Gasteiger partial charge is 0.476 e. The number of benzene rings is 2. The highest BCUT2D eigenvalue weighted by Gasteiger charge is 2.54. The van der Waals surface area contributed by atoms with Gasteiger partial charge in [-0.3, -0.25) is 0 Å². The van der Waals surface area contributed by atoms with Crippen molar-refractivity contribution >= 4 is 5.97 Å². The van der Waals surface area contributed by atoms with Crippen LogP contribution in [0.4, 0.5) is 13.2 Å². The summed E-state index contributed by atoms with van der Waals surface area (Å²) in [5, 5.41) is 11.7. The maximum absolute atomic E-state index is 12.3. The lowest BCUT2D eigenvalue weighted by Gasteiger charge is -2.19. The normalized spacial score (nSPS) is 20.4. The third-order valence-electron chi connectivity index (χ3n) is 6.99. The highest BCUT2D eigenvalue weighted by Crippen LogP contribution is 2.51. The van der Waals surface area contributed by atoms with Gasteiger partial charge in [0.25, 0.3) is 0 Å². The third kappa shape index (κ3) is 8.32. The molecule has 1 saturated carbocycles. The molecule has 3 aromatic rings. The van der Waals surface area contributed by atoms with Crippen molar-refractivity contribution in [1.29, 1.82) is 0 Å². The first-order valence-corrected chi connectivity index (χ1v) is 12.7. The molecule has 2 heterocycles. The summed E-state index contributed by atoms with van der Waals surface area (Å²) in [6.07, 6.45) is 0.577. The van der Waals surface area contributed by atoms with Crippen LogP contribution in [0.2, 0.25) is 0 Å². The molecule has 38 heavy (non-hydrogen) atoms. The third-order valence-corrected chi connectivity index (χ3v) is 6.99. The molecule has 10 heteroatoms. The van der Waals surface area contributed by atoms with Gasteiger partial charge in [0, 0.05) is 32.9 Å². The molecule has 2 fully saturated rings. The molecule has 1 aliphatic carbocycles. The number of piperidine rings is 1. The Morgan fingerprint density at radius 2 is 1.82 bits per heavy atom. The summed E-state index contributed by atoms with van der Waals surface area (Å²) < 4.78 is 42.5. The minimum Gasteiger partial charge on any atom is -0.476 e. The van der Waals surface area contributed by atoms with Crippen molar-refractivity contribution in [3.63, 3.8) is 0 Å². The van der Waals surface area contributed by atoms with Crippen LogP contribution in [-0.4, -0.2) is 58.1 Å². The van der Waals surface area contributed by atoms with E-state index in [9.17, 15) is 18.0 Å². The van der Waals surface area contributed by atoms with E-state index >= 15 is 0 Å². The zero-order valence-electron chi connectivity index (χ0n) is 21.3. The fourth-order valence-corrected chi connectivity index (χ4v) is 5.13. The number of hydrogen-bond acceptors (Lipinski definition) is 5. The fourth-order valence-electron chi connectivity index (χ4n) is 5.13. The van der Waals surface area contributed by atoms with Crippen molar-refractivity contribution in [3.05, 3.63) is 83.9 Å². The lowest BCUT2D eigenvalue weighted by molar-refractivity contribution is -0.274. The van der Waals surface area contributed by atoms with Crippen LogP contribution in [0, 0.1) is 17.8 Å². The zero-order valence-corrected chi connectivity index (χ0v) is 21.3. The lowest BCUT2D eigenvalue weighted by atomic mass is 10.1. The number of imidazole rings is 1. The van der Waals surface area contributed by atoms with E-state index in [0.29, 0.717) is 12.5 Å². The maximum atomic E-state index is 12.3. The van der Waals surface area contributed by atoms with E-state index in [0.717, 1.165) is 36.9 Å². The number of hydrogen-bond donors (Lipinski definition) is 2. The number of ether oxygens (including phenoxy) is 1. The molecule has 1 aromatic heterocycles. The Labute approximate surface area is 220 Å². The molecule has 0 bridgehead atoms. The topological polar surface area (TPSA) is 79.6 Å². The number of alkyl halides is 3. The SMILES string of the molecule is Cn1cnc(C(=O)O)c1.FC(F)(F)Oc1cccc(CNCC2C3CN(CCCc4ccccc4)CC23)c1. The van der Waals surface area contributed by atoms with Gasteiger partial charge in [-0.15, -0.1) is 13.2 Å². The van der Waals surface area contributed by atoms with Gasteiger partial charge in [0.1, 0.15) is 5.75 Å². The minimum absolute atomic E-state index is 0.0810. The Bertz CT molecular complexity index is 1170. The molecule has 204 valence electrons. The number of aromatic nitrogens is 2. The molecular weight excluding hydrogens is 497 g/mol. The van der Waals surface area contributed by atoms with Crippen molar-refractivity contribution < 1.29 is 27.8 Å². The van der Waals surface area contributed by atoms with Gasteiger partial charge < -0.3 is 24.6 Å². The summed E-state index contributed by atoms with van der Waals surface area (Å²) in [6.45, 7) is 5.01. The number of aryl methyl sites for hydroxylation is 2. The number of fused-ring (bicyclic) bond motifs is 1. The van der Waals surface area contributed by atoms with Crippen LogP contribution in [0.3, 0.4) is 0 Å². The highest BCUT2D eigenvalue weighted by molar-refractivity contribution is 5.84. The summed E-state index contributed by atoms with van der Waals surface area (Å²) in [6, 6.07) is 16.8. The van der Waals surface area contributed by atoms with Crippen molar-refractivity contribution in [1.82, 2.24) is 19.8 Å². The van der Waals surface area contributed by atoms with Gasteiger partial charge in [-0.2, -0.15) is 0 Å². The Hall–Kier alpha value is -3.37. The van der Waals surface area contributed by atoms with Gasteiger partial charge in [-0.25, -0.2) is 9.78 Å². The number of aromatic carboxylic acids is 1. The van der Waals surface area contributed by atoms with Crippen LogP contribution in [0.25, 0.3) is 0 Å². The first kappa shape index (κ1) is 27.7. The Morgan fingerprint density at radius 3 is 2.42 bits per heavy atom. The van der Waals surface area contributed by atoms with E-state index in [2.05, 4.69) is 50.3 Å². The van der Waals surface area contributed by atoms with Gasteiger partial charge in [0.05, 0.1) is 6.33 Å². The Morgan fingerprint density at radius 1 is 1.11 bits per heavy atom. The van der Waals surface area contributed by atoms with Crippen molar-refractivity contribution in [2.75, 3.05) is 26.2 Å². The number of nitrogens with zero attached hydrogens (tertiary/aromatic N) is 3. The Kier molecular flexibility index (Phi) is 9.06. The second-order valence-corrected chi connectivity index (χ2v) is 9.90. The number of rotatable bonds is 10. The summed E-state index contributed by atoms with van der Waals surface area (Å²) in [4.78, 5) is 16.3. The zero-order chi connectivity index (χ0) is 27.1. The molecule has 2 unspecified atom stereocenters. The van der Waals surface area contributed by atoms with Crippen molar-refractivity contribution in [3.8, 4) is 5.75 Å². The van der Waals surface area contributed by atoms with Crippen LogP contribution in [0.5, 0.6) is 5.75 Å². The molecule has 0 radical (unpaired) electrons. The van der Waals surface area contributed by atoms with E-state index in [1.54, 1.807) is 17.7 Å². The molecule has 5 rings (SSSR count). The van der Waals surface area contributed by atoms with E-state index in [4.69, 9.17) is 5.11 Å². The van der Waals surface area contributed by atoms with Crippen LogP contribution >= 0.6 is 0 Å². The monoisotopic (exact) mass is 530 g/mol. The van der Waals surface area contributed by atoms with E-state index in [-0.39, 0.29) is 11.4 Å².